The van der Waals surface area contributed by atoms with E-state index >= 15 is 0 Å². The van der Waals surface area contributed by atoms with Crippen molar-refractivity contribution in [2.24, 2.45) is 0 Å². The standard InChI is InChI=1S/C22H19N7O4S/c1-12-13(26-22(30)16-11-29-6-5-24-19(29)10-25-16)9-18(34(2,31)32)21(23)20(12)15-8-14(27-28-15)17-4-3-7-33-17/h3-11H,23H2,1-2H3,(H,26,30)(H,27,28). The molecule has 0 aliphatic heterocycles. The van der Waals surface area contributed by atoms with Gasteiger partial charge in [-0.3, -0.25) is 9.89 Å². The predicted molar refractivity (Wildman–Crippen MR) is 125 cm³/mol. The Kier molecular flexibility index (Phi) is 4.94. The molecule has 172 valence electrons. The number of aromatic nitrogens is 5. The van der Waals surface area contributed by atoms with E-state index in [1.165, 1.54) is 24.7 Å². The van der Waals surface area contributed by atoms with Crippen molar-refractivity contribution in [2.45, 2.75) is 11.8 Å². The quantitative estimate of drug-likeness (QED) is 0.326. The monoisotopic (exact) mass is 477 g/mol. The summed E-state index contributed by atoms with van der Waals surface area (Å²) < 4.78 is 32.1. The lowest BCUT2D eigenvalue weighted by Crippen LogP contribution is -2.17. The average Bonchev–Trinajstić information content (AvgIpc) is 3.55. The molecule has 34 heavy (non-hydrogen) atoms. The van der Waals surface area contributed by atoms with Crippen LogP contribution in [-0.4, -0.2) is 45.1 Å². The Hall–Kier alpha value is -4.45. The predicted octanol–water partition coefficient (Wildman–Crippen LogP) is 2.93. The number of imidazole rings is 1. The van der Waals surface area contributed by atoms with Gasteiger partial charge in [-0.2, -0.15) is 5.10 Å². The van der Waals surface area contributed by atoms with Gasteiger partial charge in [0.15, 0.2) is 21.2 Å². The van der Waals surface area contributed by atoms with Crippen LogP contribution in [0.25, 0.3) is 28.4 Å². The number of nitrogen functional groups attached to an aromatic ring is 1. The van der Waals surface area contributed by atoms with Gasteiger partial charge in [-0.15, -0.1) is 0 Å². The lowest BCUT2D eigenvalue weighted by Gasteiger charge is -2.17. The lowest BCUT2D eigenvalue weighted by atomic mass is 10.0. The van der Waals surface area contributed by atoms with Gasteiger partial charge in [-0.05, 0) is 36.8 Å². The van der Waals surface area contributed by atoms with E-state index in [0.717, 1.165) is 6.26 Å². The summed E-state index contributed by atoms with van der Waals surface area (Å²) in [5, 5.41) is 9.92. The molecule has 0 aliphatic carbocycles. The molecule has 0 bridgehead atoms. The van der Waals surface area contributed by atoms with Gasteiger partial charge in [0.2, 0.25) is 0 Å². The first-order valence-corrected chi connectivity index (χ1v) is 11.9. The van der Waals surface area contributed by atoms with Crippen LogP contribution in [0.1, 0.15) is 16.1 Å². The van der Waals surface area contributed by atoms with Gasteiger partial charge in [0.1, 0.15) is 11.4 Å². The van der Waals surface area contributed by atoms with Crippen LogP contribution in [0.3, 0.4) is 0 Å². The summed E-state index contributed by atoms with van der Waals surface area (Å²) in [7, 11) is -3.72. The Morgan fingerprint density at radius 1 is 1.26 bits per heavy atom. The number of fused-ring (bicyclic) bond motifs is 1. The minimum absolute atomic E-state index is 0.0356. The van der Waals surface area contributed by atoms with E-state index in [9.17, 15) is 13.2 Å². The number of furan rings is 1. The van der Waals surface area contributed by atoms with E-state index in [1.54, 1.807) is 41.9 Å². The molecule has 11 nitrogen and oxygen atoms in total. The summed E-state index contributed by atoms with van der Waals surface area (Å²) in [4.78, 5) is 21.1. The second kappa shape index (κ2) is 7.85. The van der Waals surface area contributed by atoms with Crippen molar-refractivity contribution in [3.63, 3.8) is 0 Å². The number of rotatable bonds is 5. The van der Waals surface area contributed by atoms with Crippen molar-refractivity contribution in [1.29, 1.82) is 0 Å². The van der Waals surface area contributed by atoms with Gasteiger partial charge >= 0.3 is 0 Å². The topological polar surface area (TPSA) is 161 Å². The third-order valence-electron chi connectivity index (χ3n) is 5.37. The molecular formula is C22H19N7O4S. The fraction of sp³-hybridized carbons (Fsp3) is 0.0909. The first-order chi connectivity index (χ1) is 16.2. The van der Waals surface area contributed by atoms with E-state index in [0.29, 0.717) is 33.9 Å². The smallest absolute Gasteiger partial charge is 0.275 e. The molecule has 0 atom stereocenters. The average molecular weight is 478 g/mol. The number of hydrogen-bond donors (Lipinski definition) is 3. The van der Waals surface area contributed by atoms with Gasteiger partial charge < -0.3 is 19.9 Å². The molecule has 4 heterocycles. The van der Waals surface area contributed by atoms with Crippen LogP contribution in [0, 0.1) is 6.92 Å². The molecule has 1 aromatic carbocycles. The zero-order valence-corrected chi connectivity index (χ0v) is 18.9. The molecule has 5 aromatic rings. The molecule has 0 fully saturated rings. The molecule has 0 unspecified atom stereocenters. The van der Waals surface area contributed by atoms with Crippen LogP contribution in [0.4, 0.5) is 11.4 Å². The number of nitrogens with two attached hydrogens (primary N) is 1. The van der Waals surface area contributed by atoms with Crippen LogP contribution in [-0.2, 0) is 9.84 Å². The number of anilines is 2. The van der Waals surface area contributed by atoms with Gasteiger partial charge in [-0.1, -0.05) is 0 Å². The van der Waals surface area contributed by atoms with Gasteiger partial charge in [0.05, 0.1) is 28.7 Å². The van der Waals surface area contributed by atoms with E-state index in [4.69, 9.17) is 10.2 Å². The SMILES string of the molecule is Cc1c(NC(=O)c2cn3ccnc3cn2)cc(S(C)(=O)=O)c(N)c1-c1cc(-c2ccco2)[nH]n1. The highest BCUT2D eigenvalue weighted by Crippen LogP contribution is 2.39. The molecule has 1 amide bonds. The van der Waals surface area contributed by atoms with Crippen molar-refractivity contribution >= 4 is 32.8 Å². The van der Waals surface area contributed by atoms with Gasteiger partial charge in [0, 0.05) is 36.1 Å². The Bertz CT molecular complexity index is 1650. The number of aromatic amines is 1. The molecular weight excluding hydrogens is 458 g/mol. The fourth-order valence-corrected chi connectivity index (χ4v) is 4.51. The number of amides is 1. The highest BCUT2D eigenvalue weighted by Gasteiger charge is 2.24. The minimum atomic E-state index is -3.72. The van der Waals surface area contributed by atoms with Crippen molar-refractivity contribution in [3.05, 3.63) is 66.6 Å². The number of benzene rings is 1. The molecule has 12 heteroatoms. The zero-order valence-electron chi connectivity index (χ0n) is 18.1. The van der Waals surface area contributed by atoms with Crippen LogP contribution >= 0.6 is 0 Å². The molecule has 0 saturated carbocycles. The van der Waals surface area contributed by atoms with Crippen molar-refractivity contribution in [3.8, 4) is 22.7 Å². The van der Waals surface area contributed by atoms with E-state index < -0.39 is 15.7 Å². The van der Waals surface area contributed by atoms with E-state index in [2.05, 4.69) is 25.5 Å². The maximum atomic E-state index is 13.0. The molecule has 5 rings (SSSR count). The number of H-pyrrole nitrogens is 1. The van der Waals surface area contributed by atoms with Crippen LogP contribution in [0.5, 0.6) is 0 Å². The van der Waals surface area contributed by atoms with Crippen molar-refractivity contribution in [2.75, 3.05) is 17.3 Å². The summed E-state index contributed by atoms with van der Waals surface area (Å²) >= 11 is 0. The molecule has 0 aliphatic rings. The second-order valence-electron chi connectivity index (χ2n) is 7.67. The normalized spacial score (nSPS) is 11.7. The highest BCUT2D eigenvalue weighted by atomic mass is 32.2. The van der Waals surface area contributed by atoms with E-state index in [-0.39, 0.29) is 22.0 Å². The zero-order chi connectivity index (χ0) is 24.0. The fourth-order valence-electron chi connectivity index (χ4n) is 3.68. The molecule has 4 N–H and O–H groups in total. The summed E-state index contributed by atoms with van der Waals surface area (Å²) in [5.41, 5.74) is 9.24. The third kappa shape index (κ3) is 3.69. The number of carbonyl (C=O) groups excluding carboxylic acids is 1. The Morgan fingerprint density at radius 3 is 2.82 bits per heavy atom. The number of sulfone groups is 1. The Labute approximate surface area is 193 Å². The summed E-state index contributed by atoms with van der Waals surface area (Å²) in [6.45, 7) is 1.72. The molecule has 0 radical (unpaired) electrons. The first kappa shape index (κ1) is 21.4. The summed E-state index contributed by atoms with van der Waals surface area (Å²) in [6, 6.07) is 6.54. The van der Waals surface area contributed by atoms with E-state index in [1.807, 2.05) is 0 Å². The van der Waals surface area contributed by atoms with Crippen LogP contribution in [0.2, 0.25) is 0 Å². The Morgan fingerprint density at radius 2 is 2.09 bits per heavy atom. The second-order valence-corrected chi connectivity index (χ2v) is 9.66. The molecule has 0 spiro atoms. The maximum Gasteiger partial charge on any atom is 0.275 e. The minimum Gasteiger partial charge on any atom is -0.463 e. The summed E-state index contributed by atoms with van der Waals surface area (Å²) in [5.74, 6) is 0.0379. The third-order valence-corrected chi connectivity index (χ3v) is 6.51. The summed E-state index contributed by atoms with van der Waals surface area (Å²) in [6.07, 6.45) is 8.87. The van der Waals surface area contributed by atoms with Crippen molar-refractivity contribution < 1.29 is 17.6 Å². The number of nitrogens with one attached hydrogen (secondary N) is 2. The van der Waals surface area contributed by atoms with Crippen LogP contribution in [0.15, 0.2) is 64.6 Å². The number of hydrogen-bond acceptors (Lipinski definition) is 8. The largest absolute Gasteiger partial charge is 0.463 e. The Balaban J connectivity index is 1.60. The van der Waals surface area contributed by atoms with Crippen LogP contribution < -0.4 is 11.1 Å². The first-order valence-electron chi connectivity index (χ1n) is 10.0. The van der Waals surface area contributed by atoms with Gasteiger partial charge in [-0.25, -0.2) is 18.4 Å². The van der Waals surface area contributed by atoms with Gasteiger partial charge in [0.25, 0.3) is 5.91 Å². The lowest BCUT2D eigenvalue weighted by molar-refractivity contribution is 0.102. The van der Waals surface area contributed by atoms with Crippen molar-refractivity contribution in [1.82, 2.24) is 24.6 Å². The molecule has 0 saturated heterocycles. The number of nitrogens with zero attached hydrogens (tertiary/aromatic N) is 4. The maximum absolute atomic E-state index is 13.0. The molecule has 4 aromatic heterocycles. The highest BCUT2D eigenvalue weighted by molar-refractivity contribution is 7.90. The number of carbonyl (C=O) groups is 1.